The van der Waals surface area contributed by atoms with Crippen LogP contribution in [0.5, 0.6) is 0 Å². The minimum absolute atomic E-state index is 0.132. The van der Waals surface area contributed by atoms with Gasteiger partial charge in [-0.25, -0.2) is 4.98 Å². The zero-order valence-corrected chi connectivity index (χ0v) is 18.4. The summed E-state index contributed by atoms with van der Waals surface area (Å²) in [4.78, 5) is 18.4. The molecule has 3 aromatic rings. The first-order valence-electron chi connectivity index (χ1n) is 10.4. The number of benzene rings is 2. The number of ether oxygens (including phenoxy) is 1. The molecule has 6 nitrogen and oxygen atoms in total. The van der Waals surface area contributed by atoms with Crippen LogP contribution in [0.2, 0.25) is 0 Å². The molecule has 0 bridgehead atoms. The van der Waals surface area contributed by atoms with E-state index in [2.05, 4.69) is 10.3 Å². The van der Waals surface area contributed by atoms with E-state index in [1.807, 2.05) is 42.2 Å². The molecule has 0 aliphatic carbocycles. The molecule has 0 spiro atoms. The van der Waals surface area contributed by atoms with E-state index in [0.717, 1.165) is 17.7 Å². The lowest BCUT2D eigenvalue weighted by Crippen LogP contribution is -2.28. The number of alkyl halides is 3. The molecule has 0 saturated carbocycles. The topological polar surface area (TPSA) is 67.6 Å². The Morgan fingerprint density at radius 2 is 1.91 bits per heavy atom. The molecule has 1 amide bonds. The zero-order valence-electron chi connectivity index (χ0n) is 18.4. The van der Waals surface area contributed by atoms with Crippen molar-refractivity contribution >= 4 is 5.91 Å². The van der Waals surface area contributed by atoms with Gasteiger partial charge in [-0.3, -0.25) is 9.69 Å². The molecule has 0 fully saturated rings. The van der Waals surface area contributed by atoms with Crippen LogP contribution in [0, 0.1) is 0 Å². The first-order chi connectivity index (χ1) is 15.8. The van der Waals surface area contributed by atoms with Crippen molar-refractivity contribution in [1.82, 2.24) is 15.2 Å². The number of aromatic nitrogens is 1. The van der Waals surface area contributed by atoms with Gasteiger partial charge in [-0.2, -0.15) is 13.2 Å². The lowest BCUT2D eigenvalue weighted by atomic mass is 10.0. The van der Waals surface area contributed by atoms with Gasteiger partial charge in [0.1, 0.15) is 6.26 Å². The van der Waals surface area contributed by atoms with Crippen LogP contribution in [0.3, 0.4) is 0 Å². The highest BCUT2D eigenvalue weighted by Crippen LogP contribution is 2.31. The summed E-state index contributed by atoms with van der Waals surface area (Å²) in [6.45, 7) is 3.11. The standard InChI is InChI=1S/C24H26F3N3O3/c1-17(19-8-4-3-5-9-19)30(14-18-7-6-10-20(13-18)24(25,26)27)15-22-29-21(16-33-22)23(31)28-11-12-32-2/h3-10,13,16-17H,11-12,14-15H2,1-2H3,(H,28,31). The van der Waals surface area contributed by atoms with Crippen molar-refractivity contribution in [2.75, 3.05) is 20.3 Å². The number of carbonyl (C=O) groups excluding carboxylic acids is 1. The first-order valence-corrected chi connectivity index (χ1v) is 10.4. The number of rotatable bonds is 10. The molecule has 1 heterocycles. The fourth-order valence-electron chi connectivity index (χ4n) is 3.37. The number of oxazole rings is 1. The second-order valence-electron chi connectivity index (χ2n) is 7.56. The molecule has 1 aromatic heterocycles. The maximum atomic E-state index is 13.2. The molecule has 2 aromatic carbocycles. The maximum Gasteiger partial charge on any atom is 0.416 e. The van der Waals surface area contributed by atoms with Crippen molar-refractivity contribution in [3.05, 3.63) is 89.1 Å². The van der Waals surface area contributed by atoms with Gasteiger partial charge in [-0.1, -0.05) is 48.5 Å². The highest BCUT2D eigenvalue weighted by molar-refractivity contribution is 5.91. The van der Waals surface area contributed by atoms with Crippen LogP contribution >= 0.6 is 0 Å². The Morgan fingerprint density at radius 3 is 2.61 bits per heavy atom. The summed E-state index contributed by atoms with van der Waals surface area (Å²) < 4.78 is 49.9. The van der Waals surface area contributed by atoms with E-state index in [4.69, 9.17) is 9.15 Å². The average Bonchev–Trinajstić information content (AvgIpc) is 3.27. The Kier molecular flexibility index (Phi) is 8.24. The van der Waals surface area contributed by atoms with Gasteiger partial charge < -0.3 is 14.5 Å². The summed E-state index contributed by atoms with van der Waals surface area (Å²) in [5, 5.41) is 2.67. The minimum atomic E-state index is -4.42. The number of nitrogens with one attached hydrogen (secondary N) is 1. The monoisotopic (exact) mass is 461 g/mol. The molecule has 0 saturated heterocycles. The third-order valence-corrected chi connectivity index (χ3v) is 5.18. The van der Waals surface area contributed by atoms with Crippen molar-refractivity contribution in [1.29, 1.82) is 0 Å². The number of amides is 1. The SMILES string of the molecule is COCCNC(=O)c1coc(CN(Cc2cccc(C(F)(F)F)c2)C(C)c2ccccc2)n1. The predicted molar refractivity (Wildman–Crippen MR) is 116 cm³/mol. The number of hydrogen-bond acceptors (Lipinski definition) is 5. The number of hydrogen-bond donors (Lipinski definition) is 1. The van der Waals surface area contributed by atoms with E-state index in [9.17, 15) is 18.0 Å². The lowest BCUT2D eigenvalue weighted by Gasteiger charge is -2.28. The number of halogens is 3. The van der Waals surface area contributed by atoms with E-state index in [0.29, 0.717) is 24.6 Å². The Labute approximate surface area is 190 Å². The number of methoxy groups -OCH3 is 1. The smallest absolute Gasteiger partial charge is 0.416 e. The van der Waals surface area contributed by atoms with Gasteiger partial charge in [0.15, 0.2) is 5.69 Å². The van der Waals surface area contributed by atoms with E-state index in [-0.39, 0.29) is 30.7 Å². The summed E-state index contributed by atoms with van der Waals surface area (Å²) >= 11 is 0. The van der Waals surface area contributed by atoms with Crippen molar-refractivity contribution < 1.29 is 27.1 Å². The van der Waals surface area contributed by atoms with Crippen molar-refractivity contribution in [3.8, 4) is 0 Å². The van der Waals surface area contributed by atoms with Crippen LogP contribution in [-0.4, -0.2) is 36.1 Å². The van der Waals surface area contributed by atoms with Gasteiger partial charge in [0.2, 0.25) is 5.89 Å². The Balaban J connectivity index is 1.81. The quantitative estimate of drug-likeness (QED) is 0.438. The predicted octanol–water partition coefficient (Wildman–Crippen LogP) is 4.83. The fraction of sp³-hybridized carbons (Fsp3) is 0.333. The molecular weight excluding hydrogens is 435 g/mol. The largest absolute Gasteiger partial charge is 0.447 e. The van der Waals surface area contributed by atoms with Crippen LogP contribution in [0.15, 0.2) is 65.3 Å². The van der Waals surface area contributed by atoms with Crippen LogP contribution in [-0.2, 0) is 24.0 Å². The summed E-state index contributed by atoms with van der Waals surface area (Å²) in [5.74, 6) is -0.0933. The van der Waals surface area contributed by atoms with E-state index in [1.165, 1.54) is 19.4 Å². The van der Waals surface area contributed by atoms with Crippen LogP contribution in [0.1, 0.15) is 46.0 Å². The molecular formula is C24H26F3N3O3. The molecule has 0 radical (unpaired) electrons. The number of nitrogens with zero attached hydrogens (tertiary/aromatic N) is 2. The number of carbonyl (C=O) groups is 1. The van der Waals surface area contributed by atoms with E-state index in [1.54, 1.807) is 6.07 Å². The van der Waals surface area contributed by atoms with Crippen LogP contribution < -0.4 is 5.32 Å². The minimum Gasteiger partial charge on any atom is -0.447 e. The maximum absolute atomic E-state index is 13.2. The first kappa shape index (κ1) is 24.5. The Bertz CT molecular complexity index is 1040. The summed E-state index contributed by atoms with van der Waals surface area (Å²) in [6.07, 6.45) is -3.15. The van der Waals surface area contributed by atoms with Gasteiger partial charge in [0.05, 0.1) is 18.7 Å². The third kappa shape index (κ3) is 6.90. The van der Waals surface area contributed by atoms with Gasteiger partial charge in [-0.15, -0.1) is 0 Å². The van der Waals surface area contributed by atoms with E-state index < -0.39 is 11.7 Å². The molecule has 1 atom stereocenters. The highest BCUT2D eigenvalue weighted by atomic mass is 19.4. The van der Waals surface area contributed by atoms with Gasteiger partial charge in [-0.05, 0) is 24.1 Å². The summed E-state index contributed by atoms with van der Waals surface area (Å²) in [6, 6.07) is 14.7. The van der Waals surface area contributed by atoms with Crippen LogP contribution in [0.4, 0.5) is 13.2 Å². The Morgan fingerprint density at radius 1 is 1.15 bits per heavy atom. The van der Waals surface area contributed by atoms with Gasteiger partial charge >= 0.3 is 6.18 Å². The van der Waals surface area contributed by atoms with Gasteiger partial charge in [0, 0.05) is 26.2 Å². The van der Waals surface area contributed by atoms with Crippen molar-refractivity contribution in [2.24, 2.45) is 0 Å². The second kappa shape index (κ2) is 11.1. The van der Waals surface area contributed by atoms with Crippen molar-refractivity contribution in [2.45, 2.75) is 32.2 Å². The molecule has 3 rings (SSSR count). The van der Waals surface area contributed by atoms with Gasteiger partial charge in [0.25, 0.3) is 5.91 Å². The average molecular weight is 461 g/mol. The second-order valence-corrected chi connectivity index (χ2v) is 7.56. The highest BCUT2D eigenvalue weighted by Gasteiger charge is 2.30. The summed E-state index contributed by atoms with van der Waals surface area (Å²) in [7, 11) is 1.53. The zero-order chi connectivity index (χ0) is 23.8. The van der Waals surface area contributed by atoms with Crippen LogP contribution in [0.25, 0.3) is 0 Å². The van der Waals surface area contributed by atoms with E-state index >= 15 is 0 Å². The lowest BCUT2D eigenvalue weighted by molar-refractivity contribution is -0.137. The molecule has 1 N–H and O–H groups in total. The fourth-order valence-corrected chi connectivity index (χ4v) is 3.37. The Hall–Kier alpha value is -3.17. The molecule has 33 heavy (non-hydrogen) atoms. The molecule has 9 heteroatoms. The molecule has 0 aliphatic rings. The third-order valence-electron chi connectivity index (χ3n) is 5.18. The molecule has 0 aliphatic heterocycles. The van der Waals surface area contributed by atoms with Crippen molar-refractivity contribution in [3.63, 3.8) is 0 Å². The summed E-state index contributed by atoms with van der Waals surface area (Å²) in [5.41, 5.74) is 0.941. The molecule has 1 unspecified atom stereocenters. The molecule has 176 valence electrons. The normalized spacial score (nSPS) is 12.7.